The van der Waals surface area contributed by atoms with Gasteiger partial charge in [-0.25, -0.2) is 18.2 Å². The summed E-state index contributed by atoms with van der Waals surface area (Å²) < 4.78 is 24.6. The number of aromatic amines is 1. The Bertz CT molecular complexity index is 1180. The lowest BCUT2D eigenvalue weighted by Crippen LogP contribution is -2.12. The largest absolute Gasteiger partial charge is 0.238 e. The lowest BCUT2D eigenvalue weighted by molar-refractivity contribution is 0.598. The quantitative estimate of drug-likeness (QED) is 0.537. The van der Waals surface area contributed by atoms with Gasteiger partial charge in [-0.15, -0.1) is 10.2 Å². The van der Waals surface area contributed by atoms with Gasteiger partial charge in [0.15, 0.2) is 0 Å². The van der Waals surface area contributed by atoms with Crippen molar-refractivity contribution in [3.63, 3.8) is 0 Å². The normalized spacial score (nSPS) is 11.6. The maximum atomic E-state index is 11.5. The third-order valence-corrected chi connectivity index (χ3v) is 5.01. The number of hydrogen-bond acceptors (Lipinski definition) is 6. The number of primary sulfonamides is 1. The van der Waals surface area contributed by atoms with Crippen LogP contribution in [0, 0.1) is 0 Å². The van der Waals surface area contributed by atoms with Crippen LogP contribution in [0.5, 0.6) is 0 Å². The minimum absolute atomic E-state index is 0.0184. The van der Waals surface area contributed by atoms with Crippen LogP contribution in [0.3, 0.4) is 0 Å². The Morgan fingerprint density at radius 2 is 1.74 bits per heavy atom. The highest BCUT2D eigenvalue weighted by Gasteiger charge is 2.16. The number of aromatic nitrogens is 6. The summed E-state index contributed by atoms with van der Waals surface area (Å²) in [6.45, 7) is 0. The molecule has 0 radical (unpaired) electrons. The van der Waals surface area contributed by atoms with Gasteiger partial charge in [-0.05, 0) is 47.7 Å². The number of sulfonamides is 1. The maximum absolute atomic E-state index is 11.5. The molecule has 0 amide bonds. The summed E-state index contributed by atoms with van der Waals surface area (Å²) in [5.74, 6) is 0.338. The predicted molar refractivity (Wildman–Crippen MR) is 98.6 cm³/mol. The predicted octanol–water partition coefficient (Wildman–Crippen LogP) is 2.02. The van der Waals surface area contributed by atoms with Crippen LogP contribution < -0.4 is 5.14 Å². The van der Waals surface area contributed by atoms with Crippen LogP contribution in [0.2, 0.25) is 5.02 Å². The molecule has 0 aliphatic rings. The molecule has 4 aromatic rings. The monoisotopic (exact) mass is 401 g/mol. The molecule has 9 nitrogen and oxygen atoms in total. The summed E-state index contributed by atoms with van der Waals surface area (Å²) in [4.78, 5) is 0.0184. The summed E-state index contributed by atoms with van der Waals surface area (Å²) >= 11 is 5.98. The van der Waals surface area contributed by atoms with E-state index in [2.05, 4.69) is 25.7 Å². The van der Waals surface area contributed by atoms with Crippen molar-refractivity contribution in [2.45, 2.75) is 4.90 Å². The second-order valence-corrected chi connectivity index (χ2v) is 7.61. The zero-order valence-electron chi connectivity index (χ0n) is 13.6. The number of halogens is 1. The van der Waals surface area contributed by atoms with Crippen molar-refractivity contribution >= 4 is 21.6 Å². The molecule has 0 spiro atoms. The molecular weight excluding hydrogens is 390 g/mol. The summed E-state index contributed by atoms with van der Waals surface area (Å²) in [5.41, 5.74) is 2.75. The van der Waals surface area contributed by atoms with Gasteiger partial charge in [0.05, 0.1) is 16.3 Å². The van der Waals surface area contributed by atoms with Crippen LogP contribution >= 0.6 is 11.6 Å². The molecule has 27 heavy (non-hydrogen) atoms. The third-order valence-electron chi connectivity index (χ3n) is 3.83. The minimum atomic E-state index is -3.78. The number of rotatable bonds is 4. The molecular formula is C16H12ClN7O2S. The van der Waals surface area contributed by atoms with E-state index in [9.17, 15) is 8.42 Å². The zero-order valence-corrected chi connectivity index (χ0v) is 15.2. The standard InChI is InChI=1S/C16H12ClN7O2S/c17-11-3-1-10(2-4-11)15-9-14(16-19-22-23-20-16)21-24(15)12-5-7-13(8-6-12)27(18,25)26/h1-9H,(H2,18,25,26)(H,19,20,22,23). The average molecular weight is 402 g/mol. The Morgan fingerprint density at radius 1 is 1.04 bits per heavy atom. The van der Waals surface area contributed by atoms with Gasteiger partial charge in [-0.3, -0.25) is 0 Å². The molecule has 3 N–H and O–H groups in total. The van der Waals surface area contributed by atoms with Crippen molar-refractivity contribution in [3.8, 4) is 28.5 Å². The highest BCUT2D eigenvalue weighted by Crippen LogP contribution is 2.28. The number of nitrogens with zero attached hydrogens (tertiary/aromatic N) is 5. The summed E-state index contributed by atoms with van der Waals surface area (Å²) in [6, 6.07) is 15.1. The van der Waals surface area contributed by atoms with E-state index in [1.165, 1.54) is 12.1 Å². The first kappa shape index (κ1) is 17.3. The van der Waals surface area contributed by atoms with Gasteiger partial charge in [-0.2, -0.15) is 10.3 Å². The average Bonchev–Trinajstić information content (AvgIpc) is 3.31. The Morgan fingerprint density at radius 3 is 2.33 bits per heavy atom. The number of tetrazole rings is 1. The molecule has 0 aliphatic heterocycles. The molecule has 0 atom stereocenters. The molecule has 11 heteroatoms. The van der Waals surface area contributed by atoms with Gasteiger partial charge in [-0.1, -0.05) is 23.7 Å². The van der Waals surface area contributed by atoms with E-state index in [1.54, 1.807) is 28.9 Å². The lowest BCUT2D eigenvalue weighted by atomic mass is 10.1. The summed E-state index contributed by atoms with van der Waals surface area (Å²) in [6.07, 6.45) is 0. The molecule has 2 aromatic carbocycles. The molecule has 4 rings (SSSR count). The van der Waals surface area contributed by atoms with Crippen LogP contribution in [0.15, 0.2) is 59.5 Å². The van der Waals surface area contributed by atoms with E-state index >= 15 is 0 Å². The lowest BCUT2D eigenvalue weighted by Gasteiger charge is -2.08. The van der Waals surface area contributed by atoms with Crippen LogP contribution in [0.25, 0.3) is 28.5 Å². The van der Waals surface area contributed by atoms with Crippen LogP contribution in [-0.2, 0) is 10.0 Å². The van der Waals surface area contributed by atoms with E-state index in [0.717, 1.165) is 11.3 Å². The van der Waals surface area contributed by atoms with Gasteiger partial charge in [0.2, 0.25) is 15.8 Å². The number of hydrogen-bond donors (Lipinski definition) is 2. The third kappa shape index (κ3) is 3.45. The van der Waals surface area contributed by atoms with Crippen molar-refractivity contribution in [3.05, 3.63) is 59.6 Å². The summed E-state index contributed by atoms with van der Waals surface area (Å²) in [7, 11) is -3.78. The fraction of sp³-hybridized carbons (Fsp3) is 0. The van der Waals surface area contributed by atoms with Crippen molar-refractivity contribution < 1.29 is 8.42 Å². The Hall–Kier alpha value is -3.08. The molecule has 0 fully saturated rings. The van der Waals surface area contributed by atoms with Gasteiger partial charge in [0, 0.05) is 10.6 Å². The van der Waals surface area contributed by atoms with E-state index in [-0.39, 0.29) is 4.90 Å². The van der Waals surface area contributed by atoms with Gasteiger partial charge in [0.25, 0.3) is 0 Å². The van der Waals surface area contributed by atoms with E-state index in [0.29, 0.717) is 22.2 Å². The van der Waals surface area contributed by atoms with Crippen LogP contribution in [-0.4, -0.2) is 38.8 Å². The Kier molecular flexibility index (Phi) is 4.22. The first-order valence-corrected chi connectivity index (χ1v) is 9.57. The molecule has 0 unspecified atom stereocenters. The van der Waals surface area contributed by atoms with Crippen molar-refractivity contribution in [1.29, 1.82) is 0 Å². The van der Waals surface area contributed by atoms with E-state index in [4.69, 9.17) is 16.7 Å². The van der Waals surface area contributed by atoms with E-state index < -0.39 is 10.0 Å². The molecule has 2 heterocycles. The van der Waals surface area contributed by atoms with Crippen molar-refractivity contribution in [2.24, 2.45) is 5.14 Å². The van der Waals surface area contributed by atoms with Crippen molar-refractivity contribution in [2.75, 3.05) is 0 Å². The van der Waals surface area contributed by atoms with Gasteiger partial charge in [0.1, 0.15) is 5.69 Å². The highest BCUT2D eigenvalue weighted by molar-refractivity contribution is 7.89. The molecule has 0 saturated heterocycles. The number of H-pyrrole nitrogens is 1. The van der Waals surface area contributed by atoms with Crippen molar-refractivity contribution in [1.82, 2.24) is 30.4 Å². The minimum Gasteiger partial charge on any atom is -0.232 e. The van der Waals surface area contributed by atoms with Gasteiger partial charge >= 0.3 is 0 Å². The zero-order chi connectivity index (χ0) is 19.0. The number of nitrogens with one attached hydrogen (secondary N) is 1. The van der Waals surface area contributed by atoms with Crippen LogP contribution in [0.4, 0.5) is 0 Å². The van der Waals surface area contributed by atoms with E-state index in [1.807, 2.05) is 18.2 Å². The first-order chi connectivity index (χ1) is 12.9. The first-order valence-electron chi connectivity index (χ1n) is 7.65. The molecule has 2 aromatic heterocycles. The second kappa shape index (κ2) is 6.58. The molecule has 0 aliphatic carbocycles. The molecule has 0 saturated carbocycles. The Labute approximate surface area is 158 Å². The number of benzene rings is 2. The molecule has 136 valence electrons. The number of nitrogens with two attached hydrogens (primary N) is 1. The van der Waals surface area contributed by atoms with Gasteiger partial charge < -0.3 is 0 Å². The second-order valence-electron chi connectivity index (χ2n) is 5.61. The smallest absolute Gasteiger partial charge is 0.232 e. The van der Waals surface area contributed by atoms with Crippen LogP contribution in [0.1, 0.15) is 0 Å². The SMILES string of the molecule is NS(=O)(=O)c1ccc(-n2nc(-c3nn[nH]n3)cc2-c2ccc(Cl)cc2)cc1. The fourth-order valence-electron chi connectivity index (χ4n) is 2.56. The summed E-state index contributed by atoms with van der Waals surface area (Å²) in [5, 5.41) is 24.1. The topological polar surface area (TPSA) is 132 Å². The fourth-order valence-corrected chi connectivity index (χ4v) is 3.20. The maximum Gasteiger partial charge on any atom is 0.238 e. The highest BCUT2D eigenvalue weighted by atomic mass is 35.5. The Balaban J connectivity index is 1.86. The molecule has 0 bridgehead atoms.